The summed E-state index contributed by atoms with van der Waals surface area (Å²) in [5.74, 6) is -0.522. The molecule has 168 valence electrons. The Labute approximate surface area is 192 Å². The maximum Gasteiger partial charge on any atom is 0.254 e. The number of ether oxygens (including phenoxy) is 1. The van der Waals surface area contributed by atoms with E-state index in [1.54, 1.807) is 55.5 Å². The van der Waals surface area contributed by atoms with Crippen LogP contribution in [0.15, 0.2) is 72.8 Å². The van der Waals surface area contributed by atoms with E-state index in [4.69, 9.17) is 4.74 Å². The summed E-state index contributed by atoms with van der Waals surface area (Å²) < 4.78 is 5.26. The van der Waals surface area contributed by atoms with Gasteiger partial charge in [-0.15, -0.1) is 0 Å². The van der Waals surface area contributed by atoms with Crippen LogP contribution in [-0.4, -0.2) is 36.8 Å². The molecule has 0 aliphatic carbocycles. The quantitative estimate of drug-likeness (QED) is 0.619. The van der Waals surface area contributed by atoms with E-state index in [1.165, 1.54) is 6.92 Å². The summed E-state index contributed by atoms with van der Waals surface area (Å²) in [6.07, 6.45) is 0. The van der Waals surface area contributed by atoms with Crippen LogP contribution in [-0.2, 0) is 9.59 Å². The van der Waals surface area contributed by atoms with Gasteiger partial charge in [-0.1, -0.05) is 36.4 Å². The molecular weight excluding hydrogens is 418 g/mol. The Balaban J connectivity index is 1.74. The molecule has 0 fully saturated rings. The number of benzene rings is 3. The van der Waals surface area contributed by atoms with Crippen molar-refractivity contribution in [3.8, 4) is 5.75 Å². The number of nitrogens with zero attached hydrogens (tertiary/aromatic N) is 1. The van der Waals surface area contributed by atoms with Crippen LogP contribution in [0.5, 0.6) is 5.75 Å². The Morgan fingerprint density at radius 1 is 0.909 bits per heavy atom. The fourth-order valence-corrected chi connectivity index (χ4v) is 4.27. The van der Waals surface area contributed by atoms with Gasteiger partial charge in [0.1, 0.15) is 5.75 Å². The first-order valence-electron chi connectivity index (χ1n) is 10.6. The average molecular weight is 444 g/mol. The topological polar surface area (TPSA) is 87.7 Å². The first-order chi connectivity index (χ1) is 15.9. The molecule has 33 heavy (non-hydrogen) atoms. The van der Waals surface area contributed by atoms with Crippen LogP contribution < -0.4 is 15.4 Å². The number of fused-ring (bicyclic) bond motifs is 1. The standard InChI is InChI=1S/C26H25N3O4/c1-16(30)27-18-7-6-8-19(15-18)28-25(31)23-21-9-4-5-10-22(21)26(32)29(2)24(23)17-11-13-20(33-3)14-12-17/h4-15,23-24H,1-3H3,(H,27,30)(H,28,31)/t23-,24+/m1/s1. The van der Waals surface area contributed by atoms with E-state index in [0.717, 1.165) is 5.56 Å². The number of hydrogen-bond donors (Lipinski definition) is 2. The molecule has 7 nitrogen and oxygen atoms in total. The van der Waals surface area contributed by atoms with E-state index in [-0.39, 0.29) is 17.7 Å². The normalized spacial score (nSPS) is 17.2. The largest absolute Gasteiger partial charge is 0.497 e. The van der Waals surface area contributed by atoms with Crippen LogP contribution >= 0.6 is 0 Å². The monoisotopic (exact) mass is 443 g/mol. The first kappa shape index (κ1) is 22.1. The predicted octanol–water partition coefficient (Wildman–Crippen LogP) is 4.20. The smallest absolute Gasteiger partial charge is 0.254 e. The van der Waals surface area contributed by atoms with Gasteiger partial charge in [0, 0.05) is 30.9 Å². The molecule has 0 saturated carbocycles. The number of carbonyl (C=O) groups excluding carboxylic acids is 3. The second kappa shape index (κ2) is 9.16. The zero-order valence-electron chi connectivity index (χ0n) is 18.7. The molecule has 0 saturated heterocycles. The van der Waals surface area contributed by atoms with Gasteiger partial charge >= 0.3 is 0 Å². The number of anilines is 2. The lowest BCUT2D eigenvalue weighted by molar-refractivity contribution is -0.119. The highest BCUT2D eigenvalue weighted by molar-refractivity contribution is 6.04. The number of methoxy groups -OCH3 is 1. The lowest BCUT2D eigenvalue weighted by atomic mass is 9.79. The Kier molecular flexibility index (Phi) is 6.13. The summed E-state index contributed by atoms with van der Waals surface area (Å²) in [7, 11) is 3.30. The van der Waals surface area contributed by atoms with Crippen molar-refractivity contribution in [2.24, 2.45) is 0 Å². The van der Waals surface area contributed by atoms with Gasteiger partial charge in [-0.2, -0.15) is 0 Å². The van der Waals surface area contributed by atoms with Crippen molar-refractivity contribution in [2.75, 3.05) is 24.8 Å². The minimum absolute atomic E-state index is 0.136. The number of likely N-dealkylation sites (N-methyl/N-ethyl adjacent to an activating group) is 1. The average Bonchev–Trinajstić information content (AvgIpc) is 2.81. The highest BCUT2D eigenvalue weighted by Crippen LogP contribution is 2.42. The van der Waals surface area contributed by atoms with E-state index >= 15 is 0 Å². The Morgan fingerprint density at radius 2 is 1.58 bits per heavy atom. The summed E-state index contributed by atoms with van der Waals surface area (Å²) in [6.45, 7) is 1.43. The molecule has 7 heteroatoms. The maximum atomic E-state index is 13.7. The van der Waals surface area contributed by atoms with Gasteiger partial charge in [0.2, 0.25) is 11.8 Å². The van der Waals surface area contributed by atoms with Gasteiger partial charge in [0.15, 0.2) is 0 Å². The number of amides is 3. The molecule has 0 spiro atoms. The van der Waals surface area contributed by atoms with E-state index in [9.17, 15) is 14.4 Å². The molecule has 3 aromatic rings. The van der Waals surface area contributed by atoms with E-state index < -0.39 is 12.0 Å². The fourth-order valence-electron chi connectivity index (χ4n) is 4.27. The molecule has 0 bridgehead atoms. The molecule has 1 aliphatic heterocycles. The third-order valence-corrected chi connectivity index (χ3v) is 5.77. The summed E-state index contributed by atoms with van der Waals surface area (Å²) in [5, 5.41) is 5.69. The minimum Gasteiger partial charge on any atom is -0.497 e. The number of hydrogen-bond acceptors (Lipinski definition) is 4. The van der Waals surface area contributed by atoms with Gasteiger partial charge in [-0.25, -0.2) is 0 Å². The van der Waals surface area contributed by atoms with E-state index in [0.29, 0.717) is 28.3 Å². The molecule has 2 N–H and O–H groups in total. The summed E-state index contributed by atoms with van der Waals surface area (Å²) in [5.41, 5.74) is 3.15. The van der Waals surface area contributed by atoms with Crippen LogP contribution in [0.3, 0.4) is 0 Å². The van der Waals surface area contributed by atoms with Crippen molar-refractivity contribution < 1.29 is 19.1 Å². The number of carbonyl (C=O) groups is 3. The van der Waals surface area contributed by atoms with Gasteiger partial charge in [0.25, 0.3) is 5.91 Å². The molecule has 1 heterocycles. The highest BCUT2D eigenvalue weighted by Gasteiger charge is 2.42. The first-order valence-corrected chi connectivity index (χ1v) is 10.6. The van der Waals surface area contributed by atoms with Gasteiger partial charge in [-0.05, 0) is 47.5 Å². The Morgan fingerprint density at radius 3 is 2.24 bits per heavy atom. The summed E-state index contributed by atoms with van der Waals surface area (Å²) in [6, 6.07) is 21.1. The highest BCUT2D eigenvalue weighted by atomic mass is 16.5. The van der Waals surface area contributed by atoms with Crippen molar-refractivity contribution in [3.05, 3.63) is 89.5 Å². The molecular formula is C26H25N3O4. The molecule has 2 atom stereocenters. The zero-order valence-corrected chi connectivity index (χ0v) is 18.7. The molecule has 3 aromatic carbocycles. The molecule has 1 aliphatic rings. The van der Waals surface area contributed by atoms with Crippen LogP contribution in [0.4, 0.5) is 11.4 Å². The van der Waals surface area contributed by atoms with E-state index in [1.807, 2.05) is 36.4 Å². The van der Waals surface area contributed by atoms with Crippen LogP contribution in [0, 0.1) is 0 Å². The summed E-state index contributed by atoms with van der Waals surface area (Å²) in [4.78, 5) is 39.8. The SMILES string of the molecule is COc1ccc([C@H]2[C@H](C(=O)Nc3cccc(NC(C)=O)c3)c3ccccc3C(=O)N2C)cc1. The molecule has 0 unspecified atom stereocenters. The van der Waals surface area contributed by atoms with Gasteiger partial charge < -0.3 is 20.3 Å². The molecule has 0 radical (unpaired) electrons. The molecule has 0 aromatic heterocycles. The van der Waals surface area contributed by atoms with Crippen molar-refractivity contribution in [2.45, 2.75) is 18.9 Å². The van der Waals surface area contributed by atoms with Crippen LogP contribution in [0.25, 0.3) is 0 Å². The number of rotatable bonds is 5. The Hall–Kier alpha value is -4.13. The summed E-state index contributed by atoms with van der Waals surface area (Å²) >= 11 is 0. The fraction of sp³-hybridized carbons (Fsp3) is 0.192. The number of nitrogens with one attached hydrogen (secondary N) is 2. The van der Waals surface area contributed by atoms with E-state index in [2.05, 4.69) is 10.6 Å². The lowest BCUT2D eigenvalue weighted by Gasteiger charge is -2.39. The van der Waals surface area contributed by atoms with Gasteiger partial charge in [-0.3, -0.25) is 14.4 Å². The van der Waals surface area contributed by atoms with Crippen LogP contribution in [0.1, 0.15) is 40.4 Å². The zero-order chi connectivity index (χ0) is 23.5. The predicted molar refractivity (Wildman–Crippen MR) is 126 cm³/mol. The third-order valence-electron chi connectivity index (χ3n) is 5.77. The molecule has 3 amide bonds. The maximum absolute atomic E-state index is 13.7. The molecule has 4 rings (SSSR count). The minimum atomic E-state index is -0.637. The second-order valence-corrected chi connectivity index (χ2v) is 7.95. The third kappa shape index (κ3) is 4.43. The second-order valence-electron chi connectivity index (χ2n) is 7.95. The van der Waals surface area contributed by atoms with Crippen molar-refractivity contribution in [3.63, 3.8) is 0 Å². The van der Waals surface area contributed by atoms with Crippen LogP contribution in [0.2, 0.25) is 0 Å². The Bertz CT molecular complexity index is 1210. The van der Waals surface area contributed by atoms with Crippen molar-refractivity contribution in [1.82, 2.24) is 4.90 Å². The van der Waals surface area contributed by atoms with Crippen molar-refractivity contribution >= 4 is 29.1 Å². The van der Waals surface area contributed by atoms with Gasteiger partial charge in [0.05, 0.1) is 19.1 Å². The lowest BCUT2D eigenvalue weighted by Crippen LogP contribution is -2.44. The van der Waals surface area contributed by atoms with Crippen molar-refractivity contribution in [1.29, 1.82) is 0 Å².